The minimum Gasteiger partial charge on any atom is -0.479 e. The Morgan fingerprint density at radius 1 is 1.06 bits per heavy atom. The first-order chi connectivity index (χ1) is 16.9. The molecular formula is C18H18N10O6S2. The maximum atomic E-state index is 11.4. The highest BCUT2D eigenvalue weighted by Gasteiger charge is 2.19. The third kappa shape index (κ3) is 5.04. The van der Waals surface area contributed by atoms with Crippen molar-refractivity contribution in [3.63, 3.8) is 0 Å². The van der Waals surface area contributed by atoms with Crippen LogP contribution in [-0.2, 0) is 26.6 Å². The highest BCUT2D eigenvalue weighted by molar-refractivity contribution is 7.85. The van der Waals surface area contributed by atoms with Crippen LogP contribution in [0.4, 0.5) is 17.3 Å². The van der Waals surface area contributed by atoms with E-state index in [2.05, 4.69) is 35.4 Å². The average molecular weight is 535 g/mol. The van der Waals surface area contributed by atoms with E-state index in [-0.39, 0.29) is 45.3 Å². The van der Waals surface area contributed by atoms with Gasteiger partial charge < -0.3 is 10.8 Å². The van der Waals surface area contributed by atoms with Crippen molar-refractivity contribution in [3.05, 3.63) is 47.5 Å². The van der Waals surface area contributed by atoms with Crippen molar-refractivity contribution in [2.45, 2.75) is 24.5 Å². The number of rotatable bonds is 7. The van der Waals surface area contributed by atoms with E-state index in [0.717, 1.165) is 16.8 Å². The van der Waals surface area contributed by atoms with Gasteiger partial charge in [-0.05, 0) is 38.1 Å². The standard InChI is InChI=1S/C18H18N10O6S2/c1-9-14(15(19)28(26-9)17-21-10(2)22-18(29)23-17)24-25-16-11(8-35(30)31)7-20-27(16)12-3-5-13(6-4-12)36(32,33)34/h3-7,35H,8,19H2,1-2H3,(H,32,33,34)(H,21,22,23,29)/b25-24+. The number of nitrogens with two attached hydrogens (primary N) is 1. The summed E-state index contributed by atoms with van der Waals surface area (Å²) in [6.07, 6.45) is 1.28. The molecular weight excluding hydrogens is 516 g/mol. The van der Waals surface area contributed by atoms with Crippen LogP contribution < -0.4 is 5.73 Å². The van der Waals surface area contributed by atoms with Crippen molar-refractivity contribution < 1.29 is 26.5 Å². The van der Waals surface area contributed by atoms with Crippen molar-refractivity contribution in [1.82, 2.24) is 34.5 Å². The van der Waals surface area contributed by atoms with Gasteiger partial charge in [0.25, 0.3) is 16.1 Å². The number of nitrogen functional groups attached to an aromatic ring is 1. The zero-order chi connectivity index (χ0) is 26.2. The Morgan fingerprint density at radius 3 is 2.36 bits per heavy atom. The van der Waals surface area contributed by atoms with E-state index in [9.17, 15) is 26.5 Å². The number of nitrogens with zero attached hydrogens (tertiary/aromatic N) is 9. The van der Waals surface area contributed by atoms with Gasteiger partial charge in [0.1, 0.15) is 16.5 Å². The molecule has 4 aromatic rings. The molecule has 1 aromatic carbocycles. The number of aromatic hydroxyl groups is 1. The first-order valence-electron chi connectivity index (χ1n) is 9.89. The minimum absolute atomic E-state index is 0.0127. The molecule has 0 saturated carbocycles. The van der Waals surface area contributed by atoms with E-state index in [1.165, 1.54) is 23.0 Å². The molecule has 36 heavy (non-hydrogen) atoms. The van der Waals surface area contributed by atoms with Crippen molar-refractivity contribution in [3.8, 4) is 17.6 Å². The maximum Gasteiger partial charge on any atom is 0.319 e. The number of aryl methyl sites for hydroxylation is 2. The zero-order valence-corrected chi connectivity index (χ0v) is 20.3. The van der Waals surface area contributed by atoms with Crippen LogP contribution in [0.15, 0.2) is 45.6 Å². The fourth-order valence-corrected chi connectivity index (χ4v) is 4.12. The topological polar surface area (TPSA) is 234 Å². The monoisotopic (exact) mass is 534 g/mol. The van der Waals surface area contributed by atoms with Gasteiger partial charge in [-0.2, -0.15) is 38.2 Å². The molecule has 0 bridgehead atoms. The second-order valence-corrected chi connectivity index (χ2v) is 9.68. The van der Waals surface area contributed by atoms with Gasteiger partial charge in [-0.15, -0.1) is 10.2 Å². The van der Waals surface area contributed by atoms with Crippen molar-refractivity contribution in [2.75, 3.05) is 5.73 Å². The van der Waals surface area contributed by atoms with Crippen molar-refractivity contribution in [1.29, 1.82) is 0 Å². The van der Waals surface area contributed by atoms with E-state index in [1.54, 1.807) is 13.8 Å². The smallest absolute Gasteiger partial charge is 0.319 e. The fraction of sp³-hybridized carbons (Fsp3) is 0.167. The van der Waals surface area contributed by atoms with Crippen LogP contribution in [-0.4, -0.2) is 61.0 Å². The first-order valence-corrected chi connectivity index (χ1v) is 12.7. The lowest BCUT2D eigenvalue weighted by Crippen LogP contribution is -2.08. The van der Waals surface area contributed by atoms with Crippen molar-refractivity contribution >= 4 is 38.1 Å². The Labute approximate surface area is 204 Å². The fourth-order valence-electron chi connectivity index (χ4n) is 3.14. The Balaban J connectivity index is 1.78. The summed E-state index contributed by atoms with van der Waals surface area (Å²) in [6.45, 7) is 3.14. The van der Waals surface area contributed by atoms with E-state index in [4.69, 9.17) is 5.73 Å². The van der Waals surface area contributed by atoms with Crippen LogP contribution in [0.1, 0.15) is 17.1 Å². The van der Waals surface area contributed by atoms with E-state index in [1.807, 2.05) is 0 Å². The molecule has 0 atom stereocenters. The summed E-state index contributed by atoms with van der Waals surface area (Å²) in [5, 5.41) is 26.3. The van der Waals surface area contributed by atoms with Crippen LogP contribution in [0.3, 0.4) is 0 Å². The Morgan fingerprint density at radius 2 is 1.75 bits per heavy atom. The van der Waals surface area contributed by atoms with Crippen LogP contribution in [0.25, 0.3) is 11.6 Å². The lowest BCUT2D eigenvalue weighted by atomic mass is 10.3. The highest BCUT2D eigenvalue weighted by atomic mass is 32.2. The average Bonchev–Trinajstić information content (AvgIpc) is 3.30. The van der Waals surface area contributed by atoms with Gasteiger partial charge in [0, 0.05) is 5.56 Å². The number of benzene rings is 1. The first kappa shape index (κ1) is 24.8. The number of thiol groups is 1. The second-order valence-electron chi connectivity index (χ2n) is 7.28. The number of aromatic nitrogens is 7. The maximum absolute atomic E-state index is 11.4. The van der Waals surface area contributed by atoms with E-state index in [0.29, 0.717) is 11.4 Å². The van der Waals surface area contributed by atoms with Gasteiger partial charge in [0.2, 0.25) is 0 Å². The molecule has 4 rings (SSSR count). The Kier molecular flexibility index (Phi) is 6.48. The lowest BCUT2D eigenvalue weighted by molar-refractivity contribution is 0.423. The summed E-state index contributed by atoms with van der Waals surface area (Å²) in [5.41, 5.74) is 7.16. The molecule has 0 radical (unpaired) electrons. The predicted molar refractivity (Wildman–Crippen MR) is 124 cm³/mol. The summed E-state index contributed by atoms with van der Waals surface area (Å²) in [4.78, 5) is 11.2. The third-order valence-electron chi connectivity index (χ3n) is 4.72. The molecule has 0 fully saturated rings. The molecule has 0 unspecified atom stereocenters. The number of azo groups is 1. The van der Waals surface area contributed by atoms with Gasteiger partial charge in [-0.3, -0.25) is 4.55 Å². The molecule has 0 aliphatic carbocycles. The van der Waals surface area contributed by atoms with Gasteiger partial charge in [-0.25, -0.2) is 13.1 Å². The molecule has 3 heterocycles. The molecule has 0 aliphatic heterocycles. The van der Waals surface area contributed by atoms with Gasteiger partial charge >= 0.3 is 6.01 Å². The SMILES string of the molecule is Cc1nc(O)nc(-n2nc(C)c(/N=N/c3c(C[SH](=O)=O)cnn3-c3ccc(S(=O)(=O)O)cc3)c2N)n1. The lowest BCUT2D eigenvalue weighted by Gasteiger charge is -2.05. The Bertz CT molecular complexity index is 1640. The van der Waals surface area contributed by atoms with Gasteiger partial charge in [0.05, 0.1) is 28.2 Å². The normalized spacial score (nSPS) is 12.1. The number of hydrogen-bond donors (Lipinski definition) is 4. The van der Waals surface area contributed by atoms with Crippen LogP contribution >= 0.6 is 0 Å². The molecule has 0 saturated heterocycles. The summed E-state index contributed by atoms with van der Waals surface area (Å²) >= 11 is 0. The quantitative estimate of drug-likeness (QED) is 0.147. The molecule has 16 nitrogen and oxygen atoms in total. The zero-order valence-electron chi connectivity index (χ0n) is 18.6. The van der Waals surface area contributed by atoms with Gasteiger partial charge in [0.15, 0.2) is 17.3 Å². The van der Waals surface area contributed by atoms with Crippen LogP contribution in [0, 0.1) is 13.8 Å². The van der Waals surface area contributed by atoms with E-state index >= 15 is 0 Å². The Hall–Kier alpha value is -4.29. The minimum atomic E-state index is -4.41. The molecule has 18 heteroatoms. The molecule has 4 N–H and O–H groups in total. The predicted octanol–water partition coefficient (Wildman–Crippen LogP) is 0.921. The molecule has 3 aromatic heterocycles. The summed E-state index contributed by atoms with van der Waals surface area (Å²) < 4.78 is 57.0. The highest BCUT2D eigenvalue weighted by Crippen LogP contribution is 2.32. The third-order valence-corrected chi connectivity index (χ3v) is 6.18. The largest absolute Gasteiger partial charge is 0.479 e. The van der Waals surface area contributed by atoms with Crippen LogP contribution in [0.2, 0.25) is 0 Å². The molecule has 0 spiro atoms. The second kappa shape index (κ2) is 9.40. The molecule has 0 aliphatic rings. The number of hydrogen-bond acceptors (Lipinski definition) is 13. The van der Waals surface area contributed by atoms with Gasteiger partial charge in [-0.1, -0.05) is 0 Å². The summed E-state index contributed by atoms with van der Waals surface area (Å²) in [7, 11) is -7.24. The number of anilines is 1. The summed E-state index contributed by atoms with van der Waals surface area (Å²) in [6, 6.07) is 4.49. The summed E-state index contributed by atoms with van der Waals surface area (Å²) in [5.74, 6) is -0.178. The van der Waals surface area contributed by atoms with Crippen molar-refractivity contribution in [2.24, 2.45) is 10.2 Å². The van der Waals surface area contributed by atoms with Crippen LogP contribution in [0.5, 0.6) is 6.01 Å². The molecule has 0 amide bonds. The molecule has 188 valence electrons. The van der Waals surface area contributed by atoms with E-state index < -0.39 is 26.8 Å².